The van der Waals surface area contributed by atoms with E-state index in [-0.39, 0.29) is 24.0 Å². The molecule has 2 aliphatic rings. The first-order valence-electron chi connectivity index (χ1n) is 6.41. The minimum Gasteiger partial charge on any atom is -1.00 e. The standard InChI is InChI=1S/C14H20NO2.HI/c1-15(6-8-16-9-7-15)11-13-10-12-4-2-3-5-14(12)17-13;/h2-5,13H,6-11H2,1H3;1H/q+1;/p-1. The Balaban J connectivity index is 0.00000120. The van der Waals surface area contributed by atoms with Crippen molar-refractivity contribution in [3.63, 3.8) is 0 Å². The average molecular weight is 361 g/mol. The maximum atomic E-state index is 6.02. The summed E-state index contributed by atoms with van der Waals surface area (Å²) in [6, 6.07) is 8.39. The quantitative estimate of drug-likeness (QED) is 0.470. The fourth-order valence-corrected chi connectivity index (χ4v) is 2.81. The zero-order valence-corrected chi connectivity index (χ0v) is 12.9. The van der Waals surface area contributed by atoms with Crippen LogP contribution >= 0.6 is 0 Å². The van der Waals surface area contributed by atoms with Gasteiger partial charge in [0.25, 0.3) is 0 Å². The van der Waals surface area contributed by atoms with Crippen molar-refractivity contribution in [2.24, 2.45) is 0 Å². The van der Waals surface area contributed by atoms with Crippen LogP contribution in [0.15, 0.2) is 24.3 Å². The van der Waals surface area contributed by atoms with Crippen molar-refractivity contribution in [2.45, 2.75) is 12.5 Å². The van der Waals surface area contributed by atoms with Crippen LogP contribution in [0.25, 0.3) is 0 Å². The molecule has 18 heavy (non-hydrogen) atoms. The minimum absolute atomic E-state index is 0. The molecule has 0 spiro atoms. The molecule has 1 saturated heterocycles. The van der Waals surface area contributed by atoms with Gasteiger partial charge in [-0.3, -0.25) is 0 Å². The first kappa shape index (κ1) is 14.1. The molecule has 0 amide bonds. The number of benzene rings is 1. The Labute approximate surface area is 126 Å². The fraction of sp³-hybridized carbons (Fsp3) is 0.571. The van der Waals surface area contributed by atoms with Gasteiger partial charge in [-0.05, 0) is 11.6 Å². The number of morpholine rings is 1. The highest BCUT2D eigenvalue weighted by molar-refractivity contribution is 5.37. The Morgan fingerprint density at radius 2 is 1.94 bits per heavy atom. The Bertz CT molecular complexity index is 380. The predicted octanol–water partition coefficient (Wildman–Crippen LogP) is -1.53. The van der Waals surface area contributed by atoms with Crippen molar-refractivity contribution in [1.82, 2.24) is 0 Å². The third kappa shape index (κ3) is 2.97. The van der Waals surface area contributed by atoms with Crippen LogP contribution in [0.5, 0.6) is 5.75 Å². The number of ether oxygens (including phenoxy) is 2. The molecule has 0 saturated carbocycles. The average Bonchev–Trinajstić information content (AvgIpc) is 2.71. The molecule has 3 nitrogen and oxygen atoms in total. The third-order valence-corrected chi connectivity index (χ3v) is 3.91. The first-order valence-corrected chi connectivity index (χ1v) is 6.41. The van der Waals surface area contributed by atoms with Crippen molar-refractivity contribution < 1.29 is 37.9 Å². The predicted molar refractivity (Wildman–Crippen MR) is 66.2 cm³/mol. The number of nitrogens with zero attached hydrogens (tertiary/aromatic N) is 1. The van der Waals surface area contributed by atoms with E-state index in [0.717, 1.165) is 49.5 Å². The van der Waals surface area contributed by atoms with Crippen molar-refractivity contribution >= 4 is 0 Å². The Morgan fingerprint density at radius 3 is 2.67 bits per heavy atom. The van der Waals surface area contributed by atoms with Crippen molar-refractivity contribution in [1.29, 1.82) is 0 Å². The molecule has 1 aromatic carbocycles. The molecule has 0 bridgehead atoms. The molecule has 4 heteroatoms. The first-order chi connectivity index (χ1) is 8.25. The molecule has 2 heterocycles. The lowest BCUT2D eigenvalue weighted by Crippen LogP contribution is -3.00. The van der Waals surface area contributed by atoms with Crippen LogP contribution in [0.2, 0.25) is 0 Å². The van der Waals surface area contributed by atoms with Gasteiger partial charge >= 0.3 is 0 Å². The monoisotopic (exact) mass is 361 g/mol. The summed E-state index contributed by atoms with van der Waals surface area (Å²) >= 11 is 0. The van der Waals surface area contributed by atoms with E-state index in [1.54, 1.807) is 0 Å². The minimum atomic E-state index is 0. The molecule has 0 radical (unpaired) electrons. The van der Waals surface area contributed by atoms with Gasteiger partial charge < -0.3 is 37.9 Å². The number of hydrogen-bond donors (Lipinski definition) is 0. The zero-order chi connectivity index (χ0) is 11.7. The van der Waals surface area contributed by atoms with E-state index in [0.29, 0.717) is 6.10 Å². The molecule has 0 aromatic heterocycles. The maximum Gasteiger partial charge on any atom is 0.151 e. The van der Waals surface area contributed by atoms with Crippen LogP contribution in [0.3, 0.4) is 0 Å². The smallest absolute Gasteiger partial charge is 0.151 e. The van der Waals surface area contributed by atoms with Gasteiger partial charge in [-0.15, -0.1) is 0 Å². The summed E-state index contributed by atoms with van der Waals surface area (Å²) in [5.41, 5.74) is 1.36. The number of halogens is 1. The topological polar surface area (TPSA) is 18.5 Å². The number of hydrogen-bond acceptors (Lipinski definition) is 2. The summed E-state index contributed by atoms with van der Waals surface area (Å²) in [4.78, 5) is 0. The summed E-state index contributed by atoms with van der Waals surface area (Å²) in [6.07, 6.45) is 1.40. The number of rotatable bonds is 2. The second kappa shape index (κ2) is 5.75. The van der Waals surface area contributed by atoms with Crippen LogP contribution in [-0.4, -0.2) is 50.5 Å². The summed E-state index contributed by atoms with van der Waals surface area (Å²) in [6.45, 7) is 5.08. The second-order valence-electron chi connectivity index (χ2n) is 5.41. The van der Waals surface area contributed by atoms with Crippen molar-refractivity contribution in [2.75, 3.05) is 39.9 Å². The molecule has 0 aliphatic carbocycles. The van der Waals surface area contributed by atoms with E-state index in [1.165, 1.54) is 5.56 Å². The lowest BCUT2D eigenvalue weighted by Gasteiger charge is -2.38. The number of quaternary nitrogens is 1. The molecule has 0 N–H and O–H groups in total. The van der Waals surface area contributed by atoms with Crippen LogP contribution in [0.4, 0.5) is 0 Å². The van der Waals surface area contributed by atoms with Crippen LogP contribution < -0.4 is 28.7 Å². The lowest BCUT2D eigenvalue weighted by atomic mass is 10.1. The molecular weight excluding hydrogens is 341 g/mol. The summed E-state index contributed by atoms with van der Waals surface area (Å²) < 4.78 is 12.5. The highest BCUT2D eigenvalue weighted by atomic mass is 127. The van der Waals surface area contributed by atoms with E-state index in [4.69, 9.17) is 9.47 Å². The lowest BCUT2D eigenvalue weighted by molar-refractivity contribution is -0.919. The Morgan fingerprint density at radius 1 is 1.22 bits per heavy atom. The highest BCUT2D eigenvalue weighted by Crippen LogP contribution is 2.29. The van der Waals surface area contributed by atoms with Gasteiger partial charge in [0.2, 0.25) is 0 Å². The molecule has 1 atom stereocenters. The number of likely N-dealkylation sites (N-methyl/N-ethyl adjacent to an activating group) is 1. The van der Waals surface area contributed by atoms with Crippen LogP contribution in [0.1, 0.15) is 5.56 Å². The summed E-state index contributed by atoms with van der Waals surface area (Å²) in [7, 11) is 2.31. The van der Waals surface area contributed by atoms with E-state index in [1.807, 2.05) is 6.07 Å². The van der Waals surface area contributed by atoms with E-state index in [9.17, 15) is 0 Å². The Hall–Kier alpha value is -0.330. The van der Waals surface area contributed by atoms with Gasteiger partial charge in [0, 0.05) is 6.42 Å². The molecule has 1 unspecified atom stereocenters. The molecule has 100 valence electrons. The summed E-state index contributed by atoms with van der Waals surface area (Å²) in [5, 5.41) is 0. The van der Waals surface area contributed by atoms with Crippen molar-refractivity contribution in [3.8, 4) is 5.75 Å². The molecule has 2 aliphatic heterocycles. The largest absolute Gasteiger partial charge is 1.00 e. The van der Waals surface area contributed by atoms with Crippen molar-refractivity contribution in [3.05, 3.63) is 29.8 Å². The SMILES string of the molecule is C[N+]1(CC2Cc3ccccc3O2)CCOCC1.[I-]. The third-order valence-electron chi connectivity index (χ3n) is 3.91. The number of fused-ring (bicyclic) bond motifs is 1. The zero-order valence-electron chi connectivity index (χ0n) is 10.8. The normalized spacial score (nSPS) is 24.8. The summed E-state index contributed by atoms with van der Waals surface area (Å²) in [5.74, 6) is 1.08. The molecule has 3 rings (SSSR count). The van der Waals surface area contributed by atoms with Gasteiger partial charge in [-0.1, -0.05) is 18.2 Å². The second-order valence-corrected chi connectivity index (χ2v) is 5.41. The van der Waals surface area contributed by atoms with Gasteiger partial charge in [0.1, 0.15) is 25.4 Å². The van der Waals surface area contributed by atoms with Gasteiger partial charge in [-0.25, -0.2) is 0 Å². The highest BCUT2D eigenvalue weighted by Gasteiger charge is 2.33. The Kier molecular flexibility index (Phi) is 4.50. The van der Waals surface area contributed by atoms with Crippen LogP contribution in [0, 0.1) is 0 Å². The van der Waals surface area contributed by atoms with Crippen LogP contribution in [-0.2, 0) is 11.2 Å². The van der Waals surface area contributed by atoms with Gasteiger partial charge in [-0.2, -0.15) is 0 Å². The van der Waals surface area contributed by atoms with E-state index in [2.05, 4.69) is 25.2 Å². The molecule has 1 aromatic rings. The van der Waals surface area contributed by atoms with E-state index < -0.39 is 0 Å². The van der Waals surface area contributed by atoms with E-state index >= 15 is 0 Å². The number of para-hydroxylation sites is 1. The van der Waals surface area contributed by atoms with Gasteiger partial charge in [0.15, 0.2) is 6.10 Å². The maximum absolute atomic E-state index is 6.02. The molecule has 1 fully saturated rings. The fourth-order valence-electron chi connectivity index (χ4n) is 2.81. The molecular formula is C14H20INO2. The van der Waals surface area contributed by atoms with Gasteiger partial charge in [0.05, 0.1) is 20.3 Å².